The Labute approximate surface area is 72.3 Å². The second-order valence-electron chi connectivity index (χ2n) is 2.48. The zero-order valence-electron chi connectivity index (χ0n) is 7.36. The van der Waals surface area contributed by atoms with Crippen LogP contribution in [0.3, 0.4) is 0 Å². The molecule has 0 radical (unpaired) electrons. The van der Waals surface area contributed by atoms with E-state index >= 15 is 0 Å². The van der Waals surface area contributed by atoms with E-state index in [2.05, 4.69) is 12.0 Å². The van der Waals surface area contributed by atoms with Crippen LogP contribution in [0.25, 0.3) is 0 Å². The summed E-state index contributed by atoms with van der Waals surface area (Å²) in [7, 11) is 0. The van der Waals surface area contributed by atoms with E-state index in [1.807, 2.05) is 10.7 Å². The Kier molecular flexibility index (Phi) is 3.76. The number of nitrogens with zero attached hydrogens (tertiary/aromatic N) is 2. The van der Waals surface area contributed by atoms with Crippen LogP contribution < -0.4 is 5.73 Å². The maximum atomic E-state index is 5.29. The summed E-state index contributed by atoms with van der Waals surface area (Å²) in [6.07, 6.45) is 1.78. The topological polar surface area (TPSA) is 53.1 Å². The molecule has 0 bridgehead atoms. The number of hydrogen-bond acceptors (Lipinski definition) is 3. The lowest BCUT2D eigenvalue weighted by Crippen LogP contribution is -2.10. The fraction of sp³-hybridized carbons (Fsp3) is 0.625. The first-order valence-corrected chi connectivity index (χ1v) is 4.17. The van der Waals surface area contributed by atoms with Crippen LogP contribution >= 0.6 is 0 Å². The molecule has 0 amide bonds. The van der Waals surface area contributed by atoms with Gasteiger partial charge < -0.3 is 10.5 Å². The molecule has 0 aliphatic heterocycles. The number of rotatable bonds is 5. The minimum atomic E-state index is 0.570. The average molecular weight is 169 g/mol. The van der Waals surface area contributed by atoms with Gasteiger partial charge in [0.2, 0.25) is 0 Å². The minimum absolute atomic E-state index is 0.570. The summed E-state index contributed by atoms with van der Waals surface area (Å²) in [5.41, 5.74) is 6.39. The van der Waals surface area contributed by atoms with Crippen LogP contribution in [-0.4, -0.2) is 22.9 Å². The quantitative estimate of drug-likeness (QED) is 0.648. The zero-order chi connectivity index (χ0) is 8.81. The first-order valence-electron chi connectivity index (χ1n) is 4.17. The molecule has 0 spiro atoms. The van der Waals surface area contributed by atoms with E-state index < -0.39 is 0 Å². The van der Waals surface area contributed by atoms with Gasteiger partial charge in [-0.25, -0.2) is 0 Å². The van der Waals surface area contributed by atoms with Crippen LogP contribution in [0, 0.1) is 0 Å². The van der Waals surface area contributed by atoms with Crippen molar-refractivity contribution in [3.8, 4) is 0 Å². The third-order valence-corrected chi connectivity index (χ3v) is 1.62. The van der Waals surface area contributed by atoms with Crippen molar-refractivity contribution in [2.45, 2.75) is 20.1 Å². The van der Waals surface area contributed by atoms with Crippen molar-refractivity contribution in [3.05, 3.63) is 18.0 Å². The third-order valence-electron chi connectivity index (χ3n) is 1.62. The first kappa shape index (κ1) is 9.22. The molecule has 2 N–H and O–H groups in total. The SMILES string of the molecule is CCn1nccc1COCCN. The smallest absolute Gasteiger partial charge is 0.0885 e. The van der Waals surface area contributed by atoms with E-state index in [4.69, 9.17) is 10.5 Å². The minimum Gasteiger partial charge on any atom is -0.374 e. The molecule has 68 valence electrons. The lowest BCUT2D eigenvalue weighted by molar-refractivity contribution is 0.122. The summed E-state index contributed by atoms with van der Waals surface area (Å²) in [5, 5.41) is 4.12. The Bertz CT molecular complexity index is 222. The summed E-state index contributed by atoms with van der Waals surface area (Å²) in [6.45, 7) is 4.72. The molecule has 0 aliphatic rings. The normalized spacial score (nSPS) is 10.5. The Hall–Kier alpha value is -0.870. The molecule has 0 saturated carbocycles. The van der Waals surface area contributed by atoms with Crippen LogP contribution in [0.15, 0.2) is 12.3 Å². The molecule has 0 aromatic carbocycles. The lowest BCUT2D eigenvalue weighted by atomic mass is 10.4. The maximum Gasteiger partial charge on any atom is 0.0885 e. The molecular formula is C8H15N3O. The largest absolute Gasteiger partial charge is 0.374 e. The number of ether oxygens (including phenoxy) is 1. The Balaban J connectivity index is 2.39. The Morgan fingerprint density at radius 1 is 1.67 bits per heavy atom. The molecule has 0 fully saturated rings. The molecule has 12 heavy (non-hydrogen) atoms. The van der Waals surface area contributed by atoms with Gasteiger partial charge in [0.25, 0.3) is 0 Å². The summed E-state index contributed by atoms with van der Waals surface area (Å²) in [6, 6.07) is 1.96. The highest BCUT2D eigenvalue weighted by atomic mass is 16.5. The number of aromatic nitrogens is 2. The van der Waals surface area contributed by atoms with E-state index in [1.54, 1.807) is 6.20 Å². The number of aryl methyl sites for hydroxylation is 1. The van der Waals surface area contributed by atoms with E-state index in [-0.39, 0.29) is 0 Å². The van der Waals surface area contributed by atoms with E-state index in [0.29, 0.717) is 19.8 Å². The monoisotopic (exact) mass is 169 g/mol. The van der Waals surface area contributed by atoms with Gasteiger partial charge in [-0.1, -0.05) is 0 Å². The van der Waals surface area contributed by atoms with Gasteiger partial charge >= 0.3 is 0 Å². The van der Waals surface area contributed by atoms with E-state index in [1.165, 1.54) is 0 Å². The second kappa shape index (κ2) is 4.90. The molecule has 1 heterocycles. The van der Waals surface area contributed by atoms with Gasteiger partial charge in [-0.3, -0.25) is 4.68 Å². The molecule has 1 aromatic rings. The molecular weight excluding hydrogens is 154 g/mol. The van der Waals surface area contributed by atoms with Crippen molar-refractivity contribution < 1.29 is 4.74 Å². The first-order chi connectivity index (χ1) is 5.88. The van der Waals surface area contributed by atoms with Crippen LogP contribution in [0.4, 0.5) is 0 Å². The summed E-state index contributed by atoms with van der Waals surface area (Å²) >= 11 is 0. The van der Waals surface area contributed by atoms with Gasteiger partial charge in [-0.2, -0.15) is 5.10 Å². The molecule has 0 aliphatic carbocycles. The van der Waals surface area contributed by atoms with E-state index in [9.17, 15) is 0 Å². The van der Waals surface area contributed by atoms with Gasteiger partial charge in [0.05, 0.1) is 18.9 Å². The van der Waals surface area contributed by atoms with E-state index in [0.717, 1.165) is 12.2 Å². The Morgan fingerprint density at radius 2 is 2.50 bits per heavy atom. The Morgan fingerprint density at radius 3 is 3.17 bits per heavy atom. The third kappa shape index (κ3) is 2.32. The zero-order valence-corrected chi connectivity index (χ0v) is 7.36. The molecule has 1 rings (SSSR count). The van der Waals surface area contributed by atoms with Crippen molar-refractivity contribution in [2.75, 3.05) is 13.2 Å². The average Bonchev–Trinajstić information content (AvgIpc) is 2.52. The highest BCUT2D eigenvalue weighted by Crippen LogP contribution is 2.00. The van der Waals surface area contributed by atoms with Gasteiger partial charge in [-0.15, -0.1) is 0 Å². The molecule has 4 heteroatoms. The number of hydrogen-bond donors (Lipinski definition) is 1. The van der Waals surface area contributed by atoms with Crippen molar-refractivity contribution in [1.82, 2.24) is 9.78 Å². The van der Waals surface area contributed by atoms with Crippen molar-refractivity contribution >= 4 is 0 Å². The highest BCUT2D eigenvalue weighted by Gasteiger charge is 1.98. The van der Waals surface area contributed by atoms with Crippen molar-refractivity contribution in [2.24, 2.45) is 5.73 Å². The predicted octanol–water partition coefficient (Wildman–Crippen LogP) is 0.378. The summed E-state index contributed by atoms with van der Waals surface area (Å²) < 4.78 is 7.20. The fourth-order valence-electron chi connectivity index (χ4n) is 1.03. The fourth-order valence-corrected chi connectivity index (χ4v) is 1.03. The summed E-state index contributed by atoms with van der Waals surface area (Å²) in [4.78, 5) is 0. The van der Waals surface area contributed by atoms with Crippen LogP contribution in [0.2, 0.25) is 0 Å². The van der Waals surface area contributed by atoms with Crippen LogP contribution in [-0.2, 0) is 17.9 Å². The molecule has 0 saturated heterocycles. The second-order valence-corrected chi connectivity index (χ2v) is 2.48. The lowest BCUT2D eigenvalue weighted by Gasteiger charge is -2.04. The molecule has 4 nitrogen and oxygen atoms in total. The number of nitrogens with two attached hydrogens (primary N) is 1. The van der Waals surface area contributed by atoms with Gasteiger partial charge in [-0.05, 0) is 13.0 Å². The molecule has 1 aromatic heterocycles. The van der Waals surface area contributed by atoms with Crippen molar-refractivity contribution in [3.63, 3.8) is 0 Å². The predicted molar refractivity (Wildman–Crippen MR) is 46.6 cm³/mol. The van der Waals surface area contributed by atoms with Crippen LogP contribution in [0.1, 0.15) is 12.6 Å². The standard InChI is InChI=1S/C8H15N3O/c1-2-11-8(3-5-10-11)7-12-6-4-9/h3,5H,2,4,6-7,9H2,1H3. The van der Waals surface area contributed by atoms with Gasteiger partial charge in [0, 0.05) is 19.3 Å². The van der Waals surface area contributed by atoms with Crippen molar-refractivity contribution in [1.29, 1.82) is 0 Å². The summed E-state index contributed by atoms with van der Waals surface area (Å²) in [5.74, 6) is 0. The van der Waals surface area contributed by atoms with Crippen LogP contribution in [0.5, 0.6) is 0 Å². The van der Waals surface area contributed by atoms with Gasteiger partial charge in [0.15, 0.2) is 0 Å². The molecule has 0 unspecified atom stereocenters. The van der Waals surface area contributed by atoms with Gasteiger partial charge in [0.1, 0.15) is 0 Å². The maximum absolute atomic E-state index is 5.29. The highest BCUT2D eigenvalue weighted by molar-refractivity contribution is 4.98. The molecule has 0 atom stereocenters.